The fourth-order valence-electron chi connectivity index (χ4n) is 1.95. The Kier molecular flexibility index (Phi) is 3.79. The average Bonchev–Trinajstić information content (AvgIpc) is 2.40. The first-order valence-electron chi connectivity index (χ1n) is 6.02. The molecule has 100 valence electrons. The smallest absolute Gasteiger partial charge is 0.342 e. The summed E-state index contributed by atoms with van der Waals surface area (Å²) in [6.07, 6.45) is -4.29. The lowest BCUT2D eigenvalue weighted by Gasteiger charge is -2.23. The minimum atomic E-state index is -4.29. The highest BCUT2D eigenvalue weighted by molar-refractivity contribution is 5.63. The van der Waals surface area contributed by atoms with Crippen LogP contribution in [0.25, 0.3) is 0 Å². The van der Waals surface area contributed by atoms with Gasteiger partial charge in [0.1, 0.15) is 0 Å². The number of rotatable bonds is 3. The molecule has 0 aromatic heterocycles. The fourth-order valence-corrected chi connectivity index (χ4v) is 1.95. The Balaban J connectivity index is 2.30. The Morgan fingerprint density at radius 1 is 0.842 bits per heavy atom. The molecule has 19 heavy (non-hydrogen) atoms. The summed E-state index contributed by atoms with van der Waals surface area (Å²) in [5.74, 6) is 0. The van der Waals surface area contributed by atoms with Crippen molar-refractivity contribution >= 4 is 11.4 Å². The lowest BCUT2D eigenvalue weighted by molar-refractivity contribution is -0.137. The molecule has 1 nitrogen and oxygen atoms in total. The summed E-state index contributed by atoms with van der Waals surface area (Å²) in [6, 6.07) is 14.8. The number of alkyl halides is 3. The number of halogens is 3. The zero-order valence-corrected chi connectivity index (χ0v) is 10.5. The molecule has 0 aliphatic heterocycles. The van der Waals surface area contributed by atoms with Crippen LogP contribution in [0.2, 0.25) is 0 Å². The van der Waals surface area contributed by atoms with E-state index in [0.717, 1.165) is 23.5 Å². The Labute approximate surface area is 110 Å². The molecule has 0 unspecified atom stereocenters. The Morgan fingerprint density at radius 3 is 1.84 bits per heavy atom. The van der Waals surface area contributed by atoms with Gasteiger partial charge in [0.05, 0.1) is 5.56 Å². The minimum Gasteiger partial charge on any atom is -0.342 e. The van der Waals surface area contributed by atoms with Crippen LogP contribution in [0.4, 0.5) is 24.5 Å². The van der Waals surface area contributed by atoms with Gasteiger partial charge in [-0.1, -0.05) is 18.2 Å². The Morgan fingerprint density at radius 2 is 1.37 bits per heavy atom. The minimum absolute atomic E-state index is 0.625. The maximum Gasteiger partial charge on any atom is 0.416 e. The summed E-state index contributed by atoms with van der Waals surface area (Å²) in [5.41, 5.74) is 1.09. The van der Waals surface area contributed by atoms with Gasteiger partial charge >= 0.3 is 6.18 Å². The number of benzene rings is 2. The number of anilines is 2. The van der Waals surface area contributed by atoms with Crippen LogP contribution < -0.4 is 4.90 Å². The molecule has 0 saturated carbocycles. The number of nitrogens with zero attached hydrogens (tertiary/aromatic N) is 1. The first kappa shape index (κ1) is 13.5. The van der Waals surface area contributed by atoms with E-state index >= 15 is 0 Å². The van der Waals surface area contributed by atoms with Gasteiger partial charge in [-0.2, -0.15) is 13.2 Å². The number of hydrogen-bond donors (Lipinski definition) is 0. The molecular weight excluding hydrogens is 251 g/mol. The third kappa shape index (κ3) is 3.08. The topological polar surface area (TPSA) is 3.24 Å². The highest BCUT2D eigenvalue weighted by atomic mass is 19.4. The van der Waals surface area contributed by atoms with Crippen LogP contribution in [0.3, 0.4) is 0 Å². The first-order chi connectivity index (χ1) is 9.02. The van der Waals surface area contributed by atoms with Gasteiger partial charge in [0.25, 0.3) is 0 Å². The van der Waals surface area contributed by atoms with Crippen molar-refractivity contribution in [2.24, 2.45) is 0 Å². The van der Waals surface area contributed by atoms with E-state index in [4.69, 9.17) is 0 Å². The van der Waals surface area contributed by atoms with E-state index in [1.807, 2.05) is 42.2 Å². The van der Waals surface area contributed by atoms with E-state index in [-0.39, 0.29) is 0 Å². The monoisotopic (exact) mass is 265 g/mol. The lowest BCUT2D eigenvalue weighted by atomic mass is 10.1. The third-order valence-electron chi connectivity index (χ3n) is 2.89. The van der Waals surface area contributed by atoms with Gasteiger partial charge in [-0.25, -0.2) is 0 Å². The molecule has 0 N–H and O–H groups in total. The van der Waals surface area contributed by atoms with Gasteiger partial charge in [0.15, 0.2) is 0 Å². The van der Waals surface area contributed by atoms with Crippen LogP contribution in [0, 0.1) is 0 Å². The first-order valence-corrected chi connectivity index (χ1v) is 6.02. The van der Waals surface area contributed by atoms with Crippen LogP contribution in [0.5, 0.6) is 0 Å². The van der Waals surface area contributed by atoms with Gasteiger partial charge in [-0.3, -0.25) is 0 Å². The van der Waals surface area contributed by atoms with E-state index in [1.165, 1.54) is 12.1 Å². The second kappa shape index (κ2) is 5.34. The maximum absolute atomic E-state index is 12.5. The van der Waals surface area contributed by atoms with Gasteiger partial charge in [0.2, 0.25) is 0 Å². The summed E-state index contributed by atoms with van der Waals surface area (Å²) in [4.78, 5) is 1.96. The fraction of sp³-hybridized carbons (Fsp3) is 0.200. The van der Waals surface area contributed by atoms with E-state index in [0.29, 0.717) is 6.54 Å². The van der Waals surface area contributed by atoms with Crippen molar-refractivity contribution in [3.63, 3.8) is 0 Å². The van der Waals surface area contributed by atoms with Gasteiger partial charge in [-0.15, -0.1) is 0 Å². The lowest BCUT2D eigenvalue weighted by Crippen LogP contribution is -2.16. The molecule has 0 amide bonds. The van der Waals surface area contributed by atoms with Crippen LogP contribution in [-0.4, -0.2) is 6.54 Å². The number of hydrogen-bond acceptors (Lipinski definition) is 1. The third-order valence-corrected chi connectivity index (χ3v) is 2.89. The molecule has 0 heterocycles. The van der Waals surface area contributed by atoms with Gasteiger partial charge in [-0.05, 0) is 43.3 Å². The SMILES string of the molecule is CCN(c1ccccc1)c1ccc(C(F)(F)F)cc1. The van der Waals surface area contributed by atoms with Crippen molar-refractivity contribution in [2.45, 2.75) is 13.1 Å². The Hall–Kier alpha value is -1.97. The zero-order chi connectivity index (χ0) is 13.9. The zero-order valence-electron chi connectivity index (χ0n) is 10.5. The van der Waals surface area contributed by atoms with Crippen molar-refractivity contribution in [3.8, 4) is 0 Å². The van der Waals surface area contributed by atoms with Crippen molar-refractivity contribution < 1.29 is 13.2 Å². The number of para-hydroxylation sites is 1. The van der Waals surface area contributed by atoms with Crippen molar-refractivity contribution in [2.75, 3.05) is 11.4 Å². The standard InChI is InChI=1S/C15H14F3N/c1-2-19(13-6-4-3-5-7-13)14-10-8-12(9-11-14)15(16,17)18/h3-11H,2H2,1H3. The van der Waals surface area contributed by atoms with E-state index in [1.54, 1.807) is 0 Å². The summed E-state index contributed by atoms with van der Waals surface area (Å²) in [6.45, 7) is 2.65. The Bertz CT molecular complexity index is 517. The summed E-state index contributed by atoms with van der Waals surface area (Å²) >= 11 is 0. The highest BCUT2D eigenvalue weighted by Gasteiger charge is 2.30. The predicted octanol–water partition coefficient (Wildman–Crippen LogP) is 4.86. The molecule has 0 radical (unpaired) electrons. The quantitative estimate of drug-likeness (QED) is 0.765. The van der Waals surface area contributed by atoms with Crippen LogP contribution >= 0.6 is 0 Å². The molecule has 0 fully saturated rings. The maximum atomic E-state index is 12.5. The average molecular weight is 265 g/mol. The molecule has 0 aliphatic carbocycles. The molecule has 2 rings (SSSR count). The van der Waals surface area contributed by atoms with E-state index in [9.17, 15) is 13.2 Å². The molecule has 0 atom stereocenters. The van der Waals surface area contributed by atoms with Gasteiger partial charge < -0.3 is 4.90 Å². The molecular formula is C15H14F3N. The summed E-state index contributed by atoms with van der Waals surface area (Å²) < 4.78 is 37.5. The molecule has 4 heteroatoms. The predicted molar refractivity (Wildman–Crippen MR) is 70.6 cm³/mol. The second-order valence-corrected chi connectivity index (χ2v) is 4.12. The van der Waals surface area contributed by atoms with Crippen LogP contribution in [-0.2, 0) is 6.18 Å². The van der Waals surface area contributed by atoms with Crippen molar-refractivity contribution in [1.82, 2.24) is 0 Å². The largest absolute Gasteiger partial charge is 0.416 e. The normalized spacial score (nSPS) is 11.4. The molecule has 0 aliphatic rings. The summed E-state index contributed by atoms with van der Waals surface area (Å²) in [5, 5.41) is 0. The molecule has 0 saturated heterocycles. The van der Waals surface area contributed by atoms with Gasteiger partial charge in [0, 0.05) is 17.9 Å². The molecule has 2 aromatic rings. The molecule has 0 bridgehead atoms. The molecule has 0 spiro atoms. The summed E-state index contributed by atoms with van der Waals surface area (Å²) in [7, 11) is 0. The van der Waals surface area contributed by atoms with E-state index < -0.39 is 11.7 Å². The second-order valence-electron chi connectivity index (χ2n) is 4.12. The highest BCUT2D eigenvalue weighted by Crippen LogP contribution is 2.32. The van der Waals surface area contributed by atoms with Crippen molar-refractivity contribution in [3.05, 3.63) is 60.2 Å². The van der Waals surface area contributed by atoms with Crippen LogP contribution in [0.15, 0.2) is 54.6 Å². The molecule has 2 aromatic carbocycles. The van der Waals surface area contributed by atoms with Crippen molar-refractivity contribution in [1.29, 1.82) is 0 Å². The van der Waals surface area contributed by atoms with Crippen LogP contribution in [0.1, 0.15) is 12.5 Å². The van der Waals surface area contributed by atoms with E-state index in [2.05, 4.69) is 0 Å².